The number of sulfonamides is 4. The average molecular weight is 1770 g/mol. The van der Waals surface area contributed by atoms with Gasteiger partial charge < -0.3 is 0 Å². The Morgan fingerprint density at radius 2 is 0.648 bits per heavy atom. The molecule has 4 fully saturated rings. The molecule has 36 heteroatoms. The molecule has 8 aromatic carbocycles. The zero-order valence-electron chi connectivity index (χ0n) is 68.7. The van der Waals surface area contributed by atoms with Crippen molar-refractivity contribution in [3.8, 4) is 44.5 Å². The number of aromatic nitrogens is 16. The molecule has 646 valence electrons. The fourth-order valence-corrected chi connectivity index (χ4v) is 24.8. The van der Waals surface area contributed by atoms with E-state index in [1.165, 1.54) is 55.4 Å². The highest BCUT2D eigenvalue weighted by Crippen LogP contribution is 2.39. The van der Waals surface area contributed by atoms with Crippen molar-refractivity contribution < 1.29 is 51.2 Å². The second kappa shape index (κ2) is 35.1. The van der Waals surface area contributed by atoms with Crippen LogP contribution in [0.25, 0.3) is 88.1 Å². The number of benzene rings is 8. The van der Waals surface area contributed by atoms with Crippen molar-refractivity contribution in [2.24, 2.45) is 23.7 Å². The quantitative estimate of drug-likeness (QED) is 0.0515. The molecule has 0 spiro atoms. The second-order valence-electron chi connectivity index (χ2n) is 32.7. The molecule has 8 aromatic heterocycles. The summed E-state index contributed by atoms with van der Waals surface area (Å²) in [4.78, 5) is -0.529. The van der Waals surface area contributed by atoms with E-state index in [0.717, 1.165) is 125 Å². The third-order valence-corrected chi connectivity index (χ3v) is 32.0. The summed E-state index contributed by atoms with van der Waals surface area (Å²) in [7, 11) is -15.3. The summed E-state index contributed by atoms with van der Waals surface area (Å²) in [6.07, 6.45) is 24.6. The van der Waals surface area contributed by atoms with Gasteiger partial charge in [0.15, 0.2) is 11.6 Å². The zero-order chi connectivity index (χ0) is 87.2. The molecule has 4 aliphatic rings. The maximum absolute atomic E-state index is 14.2. The lowest BCUT2D eigenvalue weighted by Crippen LogP contribution is -2.35. The van der Waals surface area contributed by atoms with Gasteiger partial charge in [-0.25, -0.2) is 51.2 Å². The third-order valence-electron chi connectivity index (χ3n) is 24.0. The van der Waals surface area contributed by atoms with Crippen LogP contribution in [0.15, 0.2) is 258 Å². The molecular weight excluding hydrogens is 1680 g/mol. The Hall–Kier alpha value is -12.2. The van der Waals surface area contributed by atoms with Crippen LogP contribution in [-0.4, -0.2) is 181 Å². The standard InChI is InChI=1S/C23H25N5O2S.C22H21F2N5O2S.2C22H22FN5O2S/c1-16-3-6-22(7-4-16)31(29,30)28-15-18(9-17(28)2)14-27-23-8-5-19(10-20(23)13-26-27)21-11-24-25-12-21;1-14-7-15(13-29(14)32(30,31)21-4-2-3-19(23)22(21)24)12-28-20-6-5-16(8-17(20)11-27-28)18-9-25-26-10-18;1-15-7-16(14-28(15)31(29,30)21-4-2-3-20(23)9-21)13-27-22-6-5-17(8-18(22)12-26-27)19-10-24-25-11-19;1-15-8-16(14-28(15)31(29,30)22-5-3-2-4-20(22)23)13-27-21-7-6-17(9-18(21)12-26-27)19-10-24-25-11-19/h3-8,10-13,17-18H,9,14-15H2,1-2H3,(H,24,25);2-6,8-11,14-15H,7,12-13H2,1H3,(H,25,26);2-6,8-12,15-16H,7,13-14H2,1H3,(H,24,25);2-7,9-12,15-16H,8,13-14H2,1H3,(H,24,25)/t17-,18?;14-,15?;2*15-,16?/m0000/s1. The summed E-state index contributed by atoms with van der Waals surface area (Å²) in [5.74, 6) is -3.36. The van der Waals surface area contributed by atoms with E-state index < -0.39 is 68.3 Å². The van der Waals surface area contributed by atoms with Crippen molar-refractivity contribution >= 4 is 83.7 Å². The van der Waals surface area contributed by atoms with Crippen molar-refractivity contribution in [3.05, 3.63) is 267 Å². The maximum atomic E-state index is 14.2. The van der Waals surface area contributed by atoms with Crippen molar-refractivity contribution in [2.45, 2.75) is 130 Å². The maximum Gasteiger partial charge on any atom is 0.246 e. The third kappa shape index (κ3) is 17.6. The van der Waals surface area contributed by atoms with E-state index in [4.69, 9.17) is 0 Å². The lowest BCUT2D eigenvalue weighted by Gasteiger charge is -2.21. The highest BCUT2D eigenvalue weighted by molar-refractivity contribution is 7.90. The summed E-state index contributed by atoms with van der Waals surface area (Å²) < 4.78 is 174. The number of rotatable bonds is 20. The zero-order valence-corrected chi connectivity index (χ0v) is 72.0. The highest BCUT2D eigenvalue weighted by Gasteiger charge is 2.43. The molecule has 28 nitrogen and oxygen atoms in total. The van der Waals surface area contributed by atoms with Crippen molar-refractivity contribution in [1.82, 2.24) is 97.1 Å². The first-order valence-electron chi connectivity index (χ1n) is 41.0. The topological polar surface area (TPSA) is 336 Å². The number of hydrogen-bond acceptors (Lipinski definition) is 16. The van der Waals surface area contributed by atoms with Crippen molar-refractivity contribution in [3.63, 3.8) is 0 Å². The van der Waals surface area contributed by atoms with E-state index in [0.29, 0.717) is 63.6 Å². The Kier molecular flexibility index (Phi) is 23.9. The fraction of sp³-hybridized carbons (Fsp3) is 0.281. The van der Waals surface area contributed by atoms with Crippen LogP contribution in [-0.2, 0) is 66.3 Å². The number of aryl methyl sites for hydroxylation is 1. The Bertz CT molecular complexity index is 7040. The molecule has 16 aromatic rings. The fourth-order valence-electron chi connectivity index (χ4n) is 17.8. The van der Waals surface area contributed by atoms with Gasteiger partial charge in [-0.2, -0.15) is 58.0 Å². The summed E-state index contributed by atoms with van der Waals surface area (Å²) in [6, 6.07) is 44.8. The summed E-state index contributed by atoms with van der Waals surface area (Å²) in [5.41, 5.74) is 13.3. The minimum absolute atomic E-state index is 0.00341. The van der Waals surface area contributed by atoms with Crippen molar-refractivity contribution in [2.75, 3.05) is 26.2 Å². The number of aromatic amines is 4. The molecule has 4 saturated heterocycles. The Balaban J connectivity index is 0.000000118. The second-order valence-corrected chi connectivity index (χ2v) is 40.2. The lowest BCUT2D eigenvalue weighted by atomic mass is 10.1. The largest absolute Gasteiger partial charge is 0.285 e. The summed E-state index contributed by atoms with van der Waals surface area (Å²) >= 11 is 0. The van der Waals surface area contributed by atoms with E-state index in [-0.39, 0.29) is 64.2 Å². The Labute approximate surface area is 719 Å². The van der Waals surface area contributed by atoms with Gasteiger partial charge in [0.05, 0.1) is 81.4 Å². The average Bonchev–Trinajstić information content (AvgIpc) is 1.68. The molecule has 4 N–H and O–H groups in total. The van der Waals surface area contributed by atoms with Crippen LogP contribution in [0.1, 0.15) is 58.9 Å². The molecule has 12 heterocycles. The van der Waals surface area contributed by atoms with E-state index >= 15 is 0 Å². The SMILES string of the molecule is C[C@H]1CC(Cn2ncc3cc(-c4cn[nH]c4)ccc32)CN1S(=O)(=O)c1cccc(F)c1.C[C@H]1CC(Cn2ncc3cc(-c4cn[nH]c4)ccc32)CN1S(=O)(=O)c1cccc(F)c1F.C[C@H]1CC(Cn2ncc3cc(-c4cn[nH]c4)ccc32)CN1S(=O)(=O)c1ccccc1F.Cc1ccc(S(=O)(=O)N2CC(Cn3ncc4cc(-c5cn[nH]c5)ccc43)C[C@@H]2C)cc1. The van der Waals surface area contributed by atoms with Gasteiger partial charge in [0.2, 0.25) is 40.1 Å². The van der Waals surface area contributed by atoms with Crippen molar-refractivity contribution in [1.29, 1.82) is 0 Å². The molecule has 0 aliphatic carbocycles. The van der Waals surface area contributed by atoms with Crippen LogP contribution >= 0.6 is 0 Å². The molecular formula is C89H90F4N20O8S4. The van der Waals surface area contributed by atoms with Crippen LogP contribution in [0.2, 0.25) is 0 Å². The number of nitrogens with zero attached hydrogens (tertiary/aromatic N) is 16. The van der Waals surface area contributed by atoms with E-state index in [1.807, 2.05) is 144 Å². The van der Waals surface area contributed by atoms with Gasteiger partial charge in [0, 0.05) is 145 Å². The van der Waals surface area contributed by atoms with Gasteiger partial charge in [0.25, 0.3) is 0 Å². The first-order chi connectivity index (χ1) is 60.1. The van der Waals surface area contributed by atoms with E-state index in [2.05, 4.69) is 91.5 Å². The molecule has 20 rings (SSSR count). The smallest absolute Gasteiger partial charge is 0.246 e. The first-order valence-corrected chi connectivity index (χ1v) is 46.7. The van der Waals surface area contributed by atoms with E-state index in [9.17, 15) is 51.2 Å². The van der Waals surface area contributed by atoms with Gasteiger partial charge in [-0.05, 0) is 209 Å². The minimum Gasteiger partial charge on any atom is -0.285 e. The van der Waals surface area contributed by atoms with Crippen LogP contribution < -0.4 is 0 Å². The van der Waals surface area contributed by atoms with Gasteiger partial charge in [-0.1, -0.05) is 66.2 Å². The summed E-state index contributed by atoms with van der Waals surface area (Å²) in [6.45, 7) is 13.4. The monoisotopic (exact) mass is 1770 g/mol. The predicted octanol–water partition coefficient (Wildman–Crippen LogP) is 15.0. The lowest BCUT2D eigenvalue weighted by molar-refractivity contribution is 0.390. The number of hydrogen-bond donors (Lipinski definition) is 4. The van der Waals surface area contributed by atoms with Gasteiger partial charge in [-0.15, -0.1) is 0 Å². The Morgan fingerprint density at radius 1 is 0.328 bits per heavy atom. The number of fused-ring (bicyclic) bond motifs is 4. The van der Waals surface area contributed by atoms with Crippen LogP contribution in [0.5, 0.6) is 0 Å². The molecule has 4 unspecified atom stereocenters. The molecule has 125 heavy (non-hydrogen) atoms. The number of H-pyrrole nitrogens is 4. The number of nitrogens with one attached hydrogen (secondary N) is 4. The van der Waals surface area contributed by atoms with Gasteiger partial charge in [-0.3, -0.25) is 39.1 Å². The first kappa shape index (κ1) is 85.0. The van der Waals surface area contributed by atoms with Gasteiger partial charge in [0.1, 0.15) is 21.4 Å². The molecule has 0 bridgehead atoms. The minimum atomic E-state index is -4.15. The van der Waals surface area contributed by atoms with Crippen LogP contribution in [0, 0.1) is 53.9 Å². The predicted molar refractivity (Wildman–Crippen MR) is 465 cm³/mol. The molecule has 4 aliphatic heterocycles. The Morgan fingerprint density at radius 3 is 0.992 bits per heavy atom. The number of halogens is 4. The van der Waals surface area contributed by atoms with E-state index in [1.54, 1.807) is 60.4 Å². The normalized spacial score (nSPS) is 19.9. The summed E-state index contributed by atoms with van der Waals surface area (Å²) in [5, 5.41) is 49.5. The van der Waals surface area contributed by atoms with Crippen LogP contribution in [0.3, 0.4) is 0 Å². The molecule has 0 saturated carbocycles. The highest BCUT2D eigenvalue weighted by atomic mass is 32.2. The van der Waals surface area contributed by atoms with Crippen LogP contribution in [0.4, 0.5) is 17.6 Å². The molecule has 0 amide bonds. The van der Waals surface area contributed by atoms with Gasteiger partial charge >= 0.3 is 0 Å². The molecule has 0 radical (unpaired) electrons. The molecule has 8 atom stereocenters.